The van der Waals surface area contributed by atoms with Gasteiger partial charge < -0.3 is 24.4 Å². The summed E-state index contributed by atoms with van der Waals surface area (Å²) in [5.74, 6) is -5.85. The molecule has 3 rings (SSSR count). The van der Waals surface area contributed by atoms with E-state index < -0.39 is 53.3 Å². The Balaban J connectivity index is 2.14. The van der Waals surface area contributed by atoms with Crippen LogP contribution in [-0.2, 0) is 11.3 Å². The standard InChI is InChI=1S/C12H12F2N2O5/c1-5-12(13,14)4-21-7-3-15-2-6(17)9(18)10(19)8(15)11(20)16(5)7/h2,5,7,17,19H,3-4H2,1H3/t5-,7+/m1/s1. The topological polar surface area (TPSA) is 92.0 Å². The highest BCUT2D eigenvalue weighted by Crippen LogP contribution is 2.36. The van der Waals surface area contributed by atoms with Crippen LogP contribution in [0.15, 0.2) is 11.0 Å². The second-order valence-electron chi connectivity index (χ2n) is 5.11. The molecule has 7 nitrogen and oxygen atoms in total. The maximum absolute atomic E-state index is 13.7. The van der Waals surface area contributed by atoms with Crippen molar-refractivity contribution in [2.24, 2.45) is 0 Å². The molecule has 0 spiro atoms. The zero-order valence-corrected chi connectivity index (χ0v) is 10.9. The number of alkyl halides is 2. The fraction of sp³-hybridized carbons (Fsp3) is 0.500. The Morgan fingerprint density at radius 2 is 2.05 bits per heavy atom. The van der Waals surface area contributed by atoms with Crippen molar-refractivity contribution in [3.63, 3.8) is 0 Å². The molecule has 1 aromatic heterocycles. The zero-order chi connectivity index (χ0) is 15.5. The second kappa shape index (κ2) is 4.17. The molecule has 0 saturated carbocycles. The molecular formula is C12H12F2N2O5. The lowest BCUT2D eigenvalue weighted by Gasteiger charge is -2.47. The van der Waals surface area contributed by atoms with Gasteiger partial charge in [0.05, 0.1) is 18.8 Å². The van der Waals surface area contributed by atoms with Gasteiger partial charge >= 0.3 is 0 Å². The summed E-state index contributed by atoms with van der Waals surface area (Å²) in [5, 5.41) is 19.1. The number of aromatic nitrogens is 1. The van der Waals surface area contributed by atoms with E-state index in [1.807, 2.05) is 0 Å². The minimum atomic E-state index is -3.22. The first kappa shape index (κ1) is 13.8. The van der Waals surface area contributed by atoms with E-state index in [4.69, 9.17) is 4.74 Å². The van der Waals surface area contributed by atoms with Crippen molar-refractivity contribution in [1.82, 2.24) is 9.47 Å². The van der Waals surface area contributed by atoms with Crippen molar-refractivity contribution < 1.29 is 28.5 Å². The number of amides is 1. The Hall–Kier alpha value is -2.16. The molecule has 0 bridgehead atoms. The number of ether oxygens (including phenoxy) is 1. The molecule has 9 heteroatoms. The highest BCUT2D eigenvalue weighted by Gasteiger charge is 2.52. The number of hydrogen-bond acceptors (Lipinski definition) is 5. The van der Waals surface area contributed by atoms with E-state index in [0.29, 0.717) is 0 Å². The van der Waals surface area contributed by atoms with Crippen molar-refractivity contribution in [1.29, 1.82) is 0 Å². The van der Waals surface area contributed by atoms with Crippen molar-refractivity contribution in [2.45, 2.75) is 31.7 Å². The first-order chi connectivity index (χ1) is 9.74. The number of nitrogens with zero attached hydrogens (tertiary/aromatic N) is 2. The highest BCUT2D eigenvalue weighted by atomic mass is 19.3. The van der Waals surface area contributed by atoms with Crippen molar-refractivity contribution >= 4 is 5.91 Å². The Bertz CT molecular complexity index is 687. The van der Waals surface area contributed by atoms with Gasteiger partial charge in [0.1, 0.15) is 6.61 Å². The molecule has 0 unspecified atom stereocenters. The van der Waals surface area contributed by atoms with E-state index in [2.05, 4.69) is 0 Å². The molecule has 2 aliphatic heterocycles. The smallest absolute Gasteiger partial charge is 0.290 e. The van der Waals surface area contributed by atoms with E-state index in [0.717, 1.165) is 15.7 Å². The first-order valence-electron chi connectivity index (χ1n) is 6.21. The normalized spacial score (nSPS) is 27.2. The minimum absolute atomic E-state index is 0.0666. The quantitative estimate of drug-likeness (QED) is 0.709. The molecular weight excluding hydrogens is 290 g/mol. The van der Waals surface area contributed by atoms with Gasteiger partial charge in [-0.3, -0.25) is 9.59 Å². The maximum atomic E-state index is 13.7. The van der Waals surface area contributed by atoms with Crippen LogP contribution in [0, 0.1) is 0 Å². The predicted octanol–water partition coefficient (Wildman–Crippen LogP) is 0.0954. The fourth-order valence-electron chi connectivity index (χ4n) is 2.60. The molecule has 1 fully saturated rings. The fourth-order valence-corrected chi connectivity index (χ4v) is 2.60. The Labute approximate surface area is 117 Å². The Morgan fingerprint density at radius 3 is 2.71 bits per heavy atom. The van der Waals surface area contributed by atoms with E-state index in [1.165, 1.54) is 6.92 Å². The SMILES string of the molecule is C[C@H]1N2C(=O)c3c(O)c(=O)c(O)cn3C[C@@H]2OCC1(F)F. The third kappa shape index (κ3) is 1.80. The molecule has 114 valence electrons. The summed E-state index contributed by atoms with van der Waals surface area (Å²) in [5.41, 5.74) is -1.55. The summed E-state index contributed by atoms with van der Waals surface area (Å²) in [6, 6.07) is -1.43. The number of aromatic hydroxyl groups is 2. The highest BCUT2D eigenvalue weighted by molar-refractivity contribution is 5.96. The van der Waals surface area contributed by atoms with E-state index in [-0.39, 0.29) is 6.54 Å². The number of carbonyl (C=O) groups is 1. The lowest BCUT2D eigenvalue weighted by atomic mass is 10.0. The van der Waals surface area contributed by atoms with Gasteiger partial charge in [-0.15, -0.1) is 0 Å². The van der Waals surface area contributed by atoms with Gasteiger partial charge in [0, 0.05) is 0 Å². The average Bonchev–Trinajstić information content (AvgIpc) is 2.40. The Morgan fingerprint density at radius 1 is 1.38 bits per heavy atom. The van der Waals surface area contributed by atoms with E-state index in [9.17, 15) is 28.6 Å². The third-order valence-electron chi connectivity index (χ3n) is 3.83. The average molecular weight is 302 g/mol. The summed E-state index contributed by atoms with van der Waals surface area (Å²) in [7, 11) is 0. The molecule has 1 saturated heterocycles. The lowest BCUT2D eigenvalue weighted by molar-refractivity contribution is -0.224. The number of hydrogen-bond donors (Lipinski definition) is 2. The van der Waals surface area contributed by atoms with Gasteiger partial charge in [-0.1, -0.05) is 0 Å². The molecule has 1 amide bonds. The van der Waals surface area contributed by atoms with Crippen LogP contribution in [0.5, 0.6) is 11.5 Å². The zero-order valence-electron chi connectivity index (χ0n) is 10.9. The molecule has 0 radical (unpaired) electrons. The second-order valence-corrected chi connectivity index (χ2v) is 5.11. The molecule has 1 aromatic rings. The number of rotatable bonds is 0. The summed E-state index contributed by atoms with van der Waals surface area (Å²) in [6.45, 7) is 0.289. The van der Waals surface area contributed by atoms with Crippen LogP contribution >= 0.6 is 0 Å². The first-order valence-corrected chi connectivity index (χ1v) is 6.21. The van der Waals surface area contributed by atoms with E-state index >= 15 is 0 Å². The maximum Gasteiger partial charge on any atom is 0.290 e. The largest absolute Gasteiger partial charge is 0.503 e. The van der Waals surface area contributed by atoms with Crippen LogP contribution in [0.4, 0.5) is 8.78 Å². The molecule has 3 heterocycles. The van der Waals surface area contributed by atoms with Crippen LogP contribution in [0.1, 0.15) is 17.4 Å². The number of carbonyl (C=O) groups excluding carboxylic acids is 1. The van der Waals surface area contributed by atoms with Gasteiger partial charge in [-0.05, 0) is 6.92 Å². The molecule has 2 N–H and O–H groups in total. The monoisotopic (exact) mass is 302 g/mol. The van der Waals surface area contributed by atoms with Crippen LogP contribution in [0.25, 0.3) is 0 Å². The molecule has 2 atom stereocenters. The van der Waals surface area contributed by atoms with Crippen LogP contribution in [0.3, 0.4) is 0 Å². The third-order valence-corrected chi connectivity index (χ3v) is 3.83. The van der Waals surface area contributed by atoms with Gasteiger partial charge in [-0.2, -0.15) is 0 Å². The van der Waals surface area contributed by atoms with Gasteiger partial charge in [0.25, 0.3) is 17.3 Å². The minimum Gasteiger partial charge on any atom is -0.503 e. The number of pyridine rings is 1. The van der Waals surface area contributed by atoms with Gasteiger partial charge in [0.2, 0.25) is 0 Å². The van der Waals surface area contributed by atoms with Crippen LogP contribution in [0.2, 0.25) is 0 Å². The molecule has 0 aromatic carbocycles. The summed E-state index contributed by atoms with van der Waals surface area (Å²) >= 11 is 0. The van der Waals surface area contributed by atoms with E-state index in [1.54, 1.807) is 0 Å². The van der Waals surface area contributed by atoms with Crippen molar-refractivity contribution in [3.8, 4) is 11.5 Å². The van der Waals surface area contributed by atoms with Crippen LogP contribution < -0.4 is 5.43 Å². The number of halogens is 2. The molecule has 21 heavy (non-hydrogen) atoms. The summed E-state index contributed by atoms with van der Waals surface area (Å²) in [4.78, 5) is 24.7. The lowest BCUT2D eigenvalue weighted by Crippen LogP contribution is -2.64. The summed E-state index contributed by atoms with van der Waals surface area (Å²) < 4.78 is 33.5. The van der Waals surface area contributed by atoms with Crippen molar-refractivity contribution in [3.05, 3.63) is 22.1 Å². The molecule has 0 aliphatic carbocycles. The Kier molecular flexibility index (Phi) is 2.74. The van der Waals surface area contributed by atoms with Gasteiger partial charge in [-0.25, -0.2) is 8.78 Å². The van der Waals surface area contributed by atoms with Crippen molar-refractivity contribution in [2.75, 3.05) is 6.61 Å². The predicted molar refractivity (Wildman–Crippen MR) is 64.4 cm³/mol. The number of fused-ring (bicyclic) bond motifs is 2. The molecule has 2 aliphatic rings. The summed E-state index contributed by atoms with van der Waals surface area (Å²) in [6.07, 6.45) is 0.0360. The van der Waals surface area contributed by atoms with Crippen LogP contribution in [-0.4, -0.2) is 50.4 Å². The van der Waals surface area contributed by atoms with Gasteiger partial charge in [0.15, 0.2) is 23.4 Å².